The van der Waals surface area contributed by atoms with Gasteiger partial charge in [-0.05, 0) is 18.2 Å². The largest absolute Gasteiger partial charge is 1.00 e. The average Bonchev–Trinajstić information content (AvgIpc) is 2.15. The van der Waals surface area contributed by atoms with Crippen LogP contribution in [0, 0.1) is 0 Å². The molecule has 1 aromatic carbocycles. The van der Waals surface area contributed by atoms with Crippen LogP contribution in [0.2, 0.25) is 0 Å². The predicted octanol–water partition coefficient (Wildman–Crippen LogP) is -1.86. The standard InChI is InChI=1S/C12H19N2O2.HI/c1-14(2,3)7-8-16-12(15)10-5-4-6-11(13)9-10;/h4-6,9H,7-8,13H2,1-3H3;1H/q+1;/p-1. The number of esters is 1. The smallest absolute Gasteiger partial charge is 0.338 e. The zero-order valence-corrected chi connectivity index (χ0v) is 12.6. The maximum absolute atomic E-state index is 11.6. The van der Waals surface area contributed by atoms with E-state index < -0.39 is 0 Å². The molecule has 0 saturated heterocycles. The van der Waals surface area contributed by atoms with Crippen LogP contribution in [0.15, 0.2) is 24.3 Å². The summed E-state index contributed by atoms with van der Waals surface area (Å²) in [6.07, 6.45) is 0. The van der Waals surface area contributed by atoms with E-state index in [2.05, 4.69) is 0 Å². The number of benzene rings is 1. The van der Waals surface area contributed by atoms with Gasteiger partial charge in [0.2, 0.25) is 0 Å². The van der Waals surface area contributed by atoms with Crippen molar-refractivity contribution in [2.45, 2.75) is 0 Å². The summed E-state index contributed by atoms with van der Waals surface area (Å²) in [4.78, 5) is 11.6. The van der Waals surface area contributed by atoms with Crippen molar-refractivity contribution >= 4 is 11.7 Å². The lowest BCUT2D eigenvalue weighted by Crippen LogP contribution is -3.00. The highest BCUT2D eigenvalue weighted by atomic mass is 127. The van der Waals surface area contributed by atoms with Crippen LogP contribution >= 0.6 is 0 Å². The SMILES string of the molecule is C[N+](C)(C)CCOC(=O)c1cccc(N)c1.[I-]. The van der Waals surface area contributed by atoms with Crippen molar-refractivity contribution < 1.29 is 38.0 Å². The molecule has 0 unspecified atom stereocenters. The van der Waals surface area contributed by atoms with Gasteiger partial charge in [0.05, 0.1) is 26.7 Å². The van der Waals surface area contributed by atoms with E-state index >= 15 is 0 Å². The van der Waals surface area contributed by atoms with Crippen LogP contribution in [0.4, 0.5) is 5.69 Å². The number of likely N-dealkylation sites (N-methyl/N-ethyl adjacent to an activating group) is 1. The van der Waals surface area contributed by atoms with Crippen molar-refractivity contribution in [2.24, 2.45) is 0 Å². The van der Waals surface area contributed by atoms with E-state index in [1.54, 1.807) is 24.3 Å². The Morgan fingerprint density at radius 1 is 1.35 bits per heavy atom. The summed E-state index contributed by atoms with van der Waals surface area (Å²) in [6, 6.07) is 6.80. The van der Waals surface area contributed by atoms with E-state index in [-0.39, 0.29) is 29.9 Å². The number of rotatable bonds is 4. The highest BCUT2D eigenvalue weighted by Gasteiger charge is 2.11. The molecule has 0 aromatic heterocycles. The number of carbonyl (C=O) groups is 1. The van der Waals surface area contributed by atoms with Crippen LogP contribution in [0.5, 0.6) is 0 Å². The lowest BCUT2D eigenvalue weighted by Gasteiger charge is -2.23. The first-order valence-corrected chi connectivity index (χ1v) is 5.21. The summed E-state index contributed by atoms with van der Waals surface area (Å²) in [7, 11) is 6.15. The van der Waals surface area contributed by atoms with Crippen molar-refractivity contribution in [1.29, 1.82) is 0 Å². The molecule has 1 rings (SSSR count). The molecule has 2 N–H and O–H groups in total. The molecule has 0 amide bonds. The van der Waals surface area contributed by atoms with Crippen LogP contribution in [-0.2, 0) is 4.74 Å². The number of hydrogen-bond donors (Lipinski definition) is 1. The number of nitrogens with two attached hydrogens (primary N) is 1. The first-order valence-electron chi connectivity index (χ1n) is 5.21. The quantitative estimate of drug-likeness (QED) is 0.300. The van der Waals surface area contributed by atoms with Crippen molar-refractivity contribution in [3.05, 3.63) is 29.8 Å². The molecule has 0 aliphatic rings. The Morgan fingerprint density at radius 3 is 2.53 bits per heavy atom. The number of halogens is 1. The average molecular weight is 350 g/mol. The lowest BCUT2D eigenvalue weighted by atomic mass is 10.2. The van der Waals surface area contributed by atoms with Gasteiger partial charge in [-0.3, -0.25) is 0 Å². The fourth-order valence-corrected chi connectivity index (χ4v) is 1.16. The van der Waals surface area contributed by atoms with E-state index in [4.69, 9.17) is 10.5 Å². The third kappa shape index (κ3) is 6.48. The molecular weight excluding hydrogens is 331 g/mol. The van der Waals surface area contributed by atoms with Gasteiger partial charge in [0.25, 0.3) is 0 Å². The van der Waals surface area contributed by atoms with Crippen molar-refractivity contribution in [1.82, 2.24) is 0 Å². The number of nitrogen functional groups attached to an aromatic ring is 1. The van der Waals surface area contributed by atoms with E-state index in [0.717, 1.165) is 11.0 Å². The summed E-state index contributed by atoms with van der Waals surface area (Å²) in [5, 5.41) is 0. The molecule has 0 atom stereocenters. The summed E-state index contributed by atoms with van der Waals surface area (Å²) >= 11 is 0. The van der Waals surface area contributed by atoms with Gasteiger partial charge in [0.15, 0.2) is 0 Å². The molecule has 17 heavy (non-hydrogen) atoms. The predicted molar refractivity (Wildman–Crippen MR) is 64.0 cm³/mol. The van der Waals surface area contributed by atoms with Crippen LogP contribution in [0.1, 0.15) is 10.4 Å². The van der Waals surface area contributed by atoms with Gasteiger partial charge in [-0.1, -0.05) is 6.07 Å². The second kappa shape index (κ2) is 6.80. The van der Waals surface area contributed by atoms with Crippen LogP contribution in [-0.4, -0.2) is 44.7 Å². The highest BCUT2D eigenvalue weighted by Crippen LogP contribution is 2.07. The Hall–Kier alpha value is -0.820. The van der Waals surface area contributed by atoms with E-state index in [1.165, 1.54) is 0 Å². The van der Waals surface area contributed by atoms with E-state index in [9.17, 15) is 4.79 Å². The summed E-state index contributed by atoms with van der Waals surface area (Å²) in [5.74, 6) is -0.319. The number of quaternary nitrogens is 1. The van der Waals surface area contributed by atoms with Gasteiger partial charge in [-0.25, -0.2) is 4.79 Å². The summed E-state index contributed by atoms with van der Waals surface area (Å²) < 4.78 is 5.92. The molecule has 0 aliphatic heterocycles. The lowest BCUT2D eigenvalue weighted by molar-refractivity contribution is -0.870. The third-order valence-electron chi connectivity index (χ3n) is 2.12. The fraction of sp³-hybridized carbons (Fsp3) is 0.417. The second-order valence-electron chi connectivity index (χ2n) is 4.78. The van der Waals surface area contributed by atoms with Crippen molar-refractivity contribution in [3.8, 4) is 0 Å². The van der Waals surface area contributed by atoms with Gasteiger partial charge >= 0.3 is 5.97 Å². The minimum atomic E-state index is -0.319. The Bertz CT molecular complexity index is 375. The first-order chi connectivity index (χ1) is 7.38. The Labute approximate surface area is 119 Å². The van der Waals surface area contributed by atoms with Gasteiger partial charge in [-0.15, -0.1) is 0 Å². The van der Waals surface area contributed by atoms with Gasteiger partial charge in [-0.2, -0.15) is 0 Å². The fourth-order valence-electron chi connectivity index (χ4n) is 1.16. The molecule has 96 valence electrons. The molecule has 0 bridgehead atoms. The third-order valence-corrected chi connectivity index (χ3v) is 2.12. The van der Waals surface area contributed by atoms with Gasteiger partial charge in [0, 0.05) is 5.69 Å². The second-order valence-corrected chi connectivity index (χ2v) is 4.78. The molecular formula is C12H19IN2O2. The number of hydrogen-bond acceptors (Lipinski definition) is 3. The number of carbonyl (C=O) groups excluding carboxylic acids is 1. The maximum Gasteiger partial charge on any atom is 0.338 e. The summed E-state index contributed by atoms with van der Waals surface area (Å²) in [5.41, 5.74) is 6.66. The molecule has 0 spiro atoms. The molecule has 1 aromatic rings. The van der Waals surface area contributed by atoms with Gasteiger partial charge in [0.1, 0.15) is 13.2 Å². The van der Waals surface area contributed by atoms with Crippen LogP contribution < -0.4 is 29.7 Å². The Kier molecular flexibility index (Phi) is 6.48. The Morgan fingerprint density at radius 2 is 2.00 bits per heavy atom. The van der Waals surface area contributed by atoms with Crippen molar-refractivity contribution in [3.63, 3.8) is 0 Å². The number of anilines is 1. The molecule has 0 heterocycles. The molecule has 5 heteroatoms. The minimum Gasteiger partial charge on any atom is -1.00 e. The van der Waals surface area contributed by atoms with E-state index in [1.807, 2.05) is 21.1 Å². The molecule has 0 radical (unpaired) electrons. The maximum atomic E-state index is 11.6. The zero-order valence-electron chi connectivity index (χ0n) is 10.4. The van der Waals surface area contributed by atoms with E-state index in [0.29, 0.717) is 17.9 Å². The molecule has 0 saturated carbocycles. The molecule has 4 nitrogen and oxygen atoms in total. The zero-order chi connectivity index (χ0) is 12.2. The molecule has 0 fully saturated rings. The summed E-state index contributed by atoms with van der Waals surface area (Å²) in [6.45, 7) is 1.20. The topological polar surface area (TPSA) is 52.3 Å². The monoisotopic (exact) mass is 350 g/mol. The minimum absolute atomic E-state index is 0. The highest BCUT2D eigenvalue weighted by molar-refractivity contribution is 5.90. The molecule has 0 aliphatic carbocycles. The van der Waals surface area contributed by atoms with Crippen molar-refractivity contribution in [2.75, 3.05) is 40.0 Å². The van der Waals surface area contributed by atoms with Crippen LogP contribution in [0.3, 0.4) is 0 Å². The van der Waals surface area contributed by atoms with Gasteiger partial charge < -0.3 is 38.9 Å². The normalized spacial score (nSPS) is 10.5. The number of nitrogens with zero attached hydrogens (tertiary/aromatic N) is 1. The van der Waals surface area contributed by atoms with Crippen LogP contribution in [0.25, 0.3) is 0 Å². The first kappa shape index (κ1) is 16.2. The Balaban J connectivity index is 0.00000256. The number of ether oxygens (including phenoxy) is 1.